The molecule has 176 valence electrons. The Morgan fingerprint density at radius 1 is 0.781 bits per heavy atom. The Kier molecular flexibility index (Phi) is 7.00. The number of rotatable bonds is 5. The lowest BCUT2D eigenvalue weighted by atomic mass is 9.83. The molecule has 4 saturated heterocycles. The van der Waals surface area contributed by atoms with Crippen LogP contribution in [0.4, 0.5) is 0 Å². The molecule has 0 aromatic carbocycles. The Bertz CT molecular complexity index is 788. The summed E-state index contributed by atoms with van der Waals surface area (Å²) >= 11 is 0. The second-order valence-electron chi connectivity index (χ2n) is 12.5. The predicted octanol–water partition coefficient (Wildman–Crippen LogP) is 4.46. The van der Waals surface area contributed by atoms with Gasteiger partial charge in [-0.3, -0.25) is 0 Å². The topological polar surface area (TPSA) is 28.1 Å². The summed E-state index contributed by atoms with van der Waals surface area (Å²) in [6, 6.07) is 2.60. The molecule has 4 aliphatic rings. The Labute approximate surface area is 198 Å². The number of nitrogens with zero attached hydrogens (tertiary/aromatic N) is 3. The molecule has 4 atom stereocenters. The van der Waals surface area contributed by atoms with Crippen molar-refractivity contribution in [2.75, 3.05) is 46.4 Å². The molecule has 6 heteroatoms. The number of hydrogen-bond acceptors (Lipinski definition) is 4. The van der Waals surface area contributed by atoms with Gasteiger partial charge in [-0.2, -0.15) is 0 Å². The van der Waals surface area contributed by atoms with Crippen LogP contribution in [0.1, 0.15) is 38.5 Å². The molecule has 4 fully saturated rings. The van der Waals surface area contributed by atoms with Crippen LogP contribution in [0, 0.1) is 33.8 Å². The van der Waals surface area contributed by atoms with Crippen LogP contribution in [0.25, 0.3) is 0 Å². The summed E-state index contributed by atoms with van der Waals surface area (Å²) in [5.41, 5.74) is 9.04. The van der Waals surface area contributed by atoms with Gasteiger partial charge in [0.2, 0.25) is 5.71 Å². The van der Waals surface area contributed by atoms with E-state index in [9.17, 15) is 0 Å². The maximum Gasteiger partial charge on any atom is 0.201 e. The number of hydrogen-bond donors (Lipinski definition) is 0. The molecule has 4 unspecified atom stereocenters. The fraction of sp³-hybridized carbons (Fsp3) is 0.808. The predicted molar refractivity (Wildman–Crippen MR) is 140 cm³/mol. The summed E-state index contributed by atoms with van der Waals surface area (Å²) in [5, 5.41) is 4.21. The first-order valence-electron chi connectivity index (χ1n) is 12.7. The minimum atomic E-state index is -1.66. The van der Waals surface area contributed by atoms with Crippen LogP contribution in [0.2, 0.25) is 38.3 Å². The Balaban J connectivity index is 1.43. The largest absolute Gasteiger partial charge is 0.398 e. The summed E-state index contributed by atoms with van der Waals surface area (Å²) in [6.45, 7) is 17.5. The van der Waals surface area contributed by atoms with Crippen molar-refractivity contribution < 1.29 is 4.84 Å². The average molecular weight is 470 g/mol. The minimum Gasteiger partial charge on any atom is -0.398 e. The highest BCUT2D eigenvalue weighted by Gasteiger charge is 2.45. The highest BCUT2D eigenvalue weighted by atomic mass is 28.3. The van der Waals surface area contributed by atoms with E-state index in [1.807, 2.05) is 0 Å². The van der Waals surface area contributed by atoms with Gasteiger partial charge in [-0.1, -0.05) is 31.3 Å². The number of fused-ring (bicyclic) bond motifs is 4. The molecule has 32 heavy (non-hydrogen) atoms. The zero-order valence-corrected chi connectivity index (χ0v) is 23.1. The van der Waals surface area contributed by atoms with E-state index in [1.165, 1.54) is 89.9 Å². The highest BCUT2D eigenvalue weighted by Crippen LogP contribution is 2.46. The van der Waals surface area contributed by atoms with Gasteiger partial charge in [0, 0.05) is 13.1 Å². The van der Waals surface area contributed by atoms with Crippen molar-refractivity contribution in [2.24, 2.45) is 16.0 Å². The third-order valence-electron chi connectivity index (χ3n) is 8.25. The van der Waals surface area contributed by atoms with Crippen molar-refractivity contribution in [1.82, 2.24) is 9.80 Å². The summed E-state index contributed by atoms with van der Waals surface area (Å²) < 4.78 is 0. The Morgan fingerprint density at radius 3 is 1.69 bits per heavy atom. The SMILES string of the molecule is CON=C(C#C[Si](C)(C)CC12CCCN(CC1)C2)C#C[Si](C)(C)CC12CCCN(CC1)C2. The zero-order valence-electron chi connectivity index (χ0n) is 21.1. The fourth-order valence-corrected chi connectivity index (χ4v) is 13.0. The molecule has 4 bridgehead atoms. The van der Waals surface area contributed by atoms with Crippen LogP contribution in [-0.4, -0.2) is 78.0 Å². The molecule has 4 rings (SSSR count). The molecule has 0 aromatic rings. The maximum absolute atomic E-state index is 5.13. The van der Waals surface area contributed by atoms with Crippen molar-refractivity contribution in [3.05, 3.63) is 0 Å². The maximum atomic E-state index is 5.13. The molecule has 0 aliphatic carbocycles. The second kappa shape index (κ2) is 9.30. The molecule has 0 N–H and O–H groups in total. The first kappa shape index (κ1) is 24.1. The van der Waals surface area contributed by atoms with Gasteiger partial charge in [-0.25, -0.2) is 0 Å². The lowest BCUT2D eigenvalue weighted by Crippen LogP contribution is -2.40. The quantitative estimate of drug-likeness (QED) is 0.257. The van der Waals surface area contributed by atoms with Crippen molar-refractivity contribution in [1.29, 1.82) is 0 Å². The van der Waals surface area contributed by atoms with Gasteiger partial charge in [0.25, 0.3) is 0 Å². The Morgan fingerprint density at radius 2 is 1.25 bits per heavy atom. The summed E-state index contributed by atoms with van der Waals surface area (Å²) in [6.07, 6.45) is 8.22. The third-order valence-corrected chi connectivity index (χ3v) is 13.1. The van der Waals surface area contributed by atoms with E-state index in [4.69, 9.17) is 4.84 Å². The number of piperidine rings is 2. The first-order valence-corrected chi connectivity index (χ1v) is 19.2. The lowest BCUT2D eigenvalue weighted by molar-refractivity contribution is 0.199. The van der Waals surface area contributed by atoms with E-state index in [0.29, 0.717) is 16.5 Å². The summed E-state index contributed by atoms with van der Waals surface area (Å²) in [7, 11) is -1.71. The van der Waals surface area contributed by atoms with E-state index in [0.717, 1.165) is 0 Å². The van der Waals surface area contributed by atoms with Crippen molar-refractivity contribution in [3.8, 4) is 22.9 Å². The van der Waals surface area contributed by atoms with Crippen LogP contribution < -0.4 is 0 Å². The molecule has 0 radical (unpaired) electrons. The van der Waals surface area contributed by atoms with E-state index >= 15 is 0 Å². The van der Waals surface area contributed by atoms with Crippen LogP contribution >= 0.6 is 0 Å². The average Bonchev–Trinajstić information content (AvgIpc) is 3.16. The van der Waals surface area contributed by atoms with Crippen LogP contribution in [0.5, 0.6) is 0 Å². The highest BCUT2D eigenvalue weighted by molar-refractivity contribution is 6.86. The molecule has 4 aliphatic heterocycles. The molecule has 0 saturated carbocycles. The molecule has 0 amide bonds. The van der Waals surface area contributed by atoms with E-state index < -0.39 is 16.1 Å². The molecule has 0 spiro atoms. The fourth-order valence-electron chi connectivity index (χ4n) is 7.25. The number of oxime groups is 1. The third kappa shape index (κ3) is 5.89. The summed E-state index contributed by atoms with van der Waals surface area (Å²) in [4.78, 5) is 10.4. The van der Waals surface area contributed by atoms with Gasteiger partial charge >= 0.3 is 0 Å². The van der Waals surface area contributed by atoms with Gasteiger partial charge in [-0.15, -0.1) is 11.1 Å². The molecular weight excluding hydrogens is 426 g/mol. The monoisotopic (exact) mass is 469 g/mol. The standard InChI is InChI=1S/C26H43N3OSi2/c1-30-27-24(8-18-31(2,3)22-25-10-6-14-28(20-25)16-12-25)9-19-32(4,5)23-26-11-7-15-29(21-26)17-13-26/h6-7,10-17,20-23H2,1-5H3. The van der Waals surface area contributed by atoms with Gasteiger partial charge < -0.3 is 14.6 Å². The lowest BCUT2D eigenvalue weighted by Gasteiger charge is -2.37. The van der Waals surface area contributed by atoms with Gasteiger partial charge in [0.15, 0.2) is 0 Å². The summed E-state index contributed by atoms with van der Waals surface area (Å²) in [5.74, 6) is 6.75. The smallest absolute Gasteiger partial charge is 0.201 e. The minimum absolute atomic E-state index is 0.524. The van der Waals surface area contributed by atoms with Crippen LogP contribution in [0.3, 0.4) is 0 Å². The van der Waals surface area contributed by atoms with Gasteiger partial charge in [0.1, 0.15) is 23.3 Å². The zero-order chi connectivity index (χ0) is 22.9. The molecule has 0 aromatic heterocycles. The Hall–Kier alpha value is -1.06. The molecule has 4 heterocycles. The van der Waals surface area contributed by atoms with Crippen molar-refractivity contribution >= 4 is 21.9 Å². The molecule has 4 nitrogen and oxygen atoms in total. The van der Waals surface area contributed by atoms with Crippen molar-refractivity contribution in [3.63, 3.8) is 0 Å². The van der Waals surface area contributed by atoms with Crippen LogP contribution in [0.15, 0.2) is 5.16 Å². The van der Waals surface area contributed by atoms with E-state index in [2.05, 4.69) is 64.1 Å². The first-order chi connectivity index (χ1) is 15.1. The van der Waals surface area contributed by atoms with Crippen LogP contribution in [-0.2, 0) is 4.84 Å². The second-order valence-corrected chi connectivity index (χ2v) is 21.2. The normalized spacial score (nSPS) is 33.5. The van der Waals surface area contributed by atoms with Gasteiger partial charge in [-0.05, 0) is 99.5 Å². The molecular formula is C26H43N3OSi2. The van der Waals surface area contributed by atoms with Crippen molar-refractivity contribution in [2.45, 2.75) is 76.8 Å². The van der Waals surface area contributed by atoms with E-state index in [1.54, 1.807) is 7.11 Å². The van der Waals surface area contributed by atoms with Gasteiger partial charge in [0.05, 0.1) is 0 Å². The van der Waals surface area contributed by atoms with E-state index in [-0.39, 0.29) is 0 Å².